The third-order valence-corrected chi connectivity index (χ3v) is 4.40. The van der Waals surface area contributed by atoms with Crippen LogP contribution < -0.4 is 15.0 Å². The number of nitrogens with one attached hydrogen (secondary N) is 1. The van der Waals surface area contributed by atoms with Crippen LogP contribution in [-0.2, 0) is 0 Å². The minimum absolute atomic E-state index is 0.0533. The van der Waals surface area contributed by atoms with Gasteiger partial charge >= 0.3 is 0 Å². The Kier molecular flexibility index (Phi) is 4.44. The summed E-state index contributed by atoms with van der Waals surface area (Å²) in [6.07, 6.45) is 5.94. The summed E-state index contributed by atoms with van der Waals surface area (Å²) in [5.41, 5.74) is 3.46. The van der Waals surface area contributed by atoms with Gasteiger partial charge in [-0.15, -0.1) is 0 Å². The van der Waals surface area contributed by atoms with Crippen LogP contribution in [0.4, 0.5) is 0 Å². The Labute approximate surface area is 142 Å². The van der Waals surface area contributed by atoms with Gasteiger partial charge in [-0.05, 0) is 49.1 Å². The molecule has 3 nitrogen and oxygen atoms in total. The highest BCUT2D eigenvalue weighted by Gasteiger charge is 2.26. The van der Waals surface area contributed by atoms with Crippen LogP contribution in [0.3, 0.4) is 0 Å². The minimum atomic E-state index is -0.0533. The molecule has 0 saturated heterocycles. The largest absolute Gasteiger partial charge is 0.867 e. The molecule has 3 rings (SSSR count). The molecule has 0 unspecified atom stereocenters. The Morgan fingerprint density at radius 2 is 1.83 bits per heavy atom. The number of nitrogens with zero attached hydrogens (tertiary/aromatic N) is 1. The van der Waals surface area contributed by atoms with Gasteiger partial charge in [0.25, 0.3) is 0 Å². The highest BCUT2D eigenvalue weighted by atomic mass is 32.1. The Morgan fingerprint density at radius 3 is 2.43 bits per heavy atom. The molecule has 1 aliphatic rings. The quantitative estimate of drug-likeness (QED) is 0.406. The molecule has 1 saturated carbocycles. The first-order valence-corrected chi connectivity index (χ1v) is 8.23. The molecule has 1 fully saturated rings. The number of hydrogen-bond donors (Lipinski definition) is 1. The van der Waals surface area contributed by atoms with E-state index < -0.39 is 0 Å². The summed E-state index contributed by atoms with van der Waals surface area (Å²) in [7, 11) is 0. The van der Waals surface area contributed by atoms with E-state index in [2.05, 4.69) is 5.32 Å². The molecule has 1 aromatic carbocycles. The van der Waals surface area contributed by atoms with Gasteiger partial charge in [0.15, 0.2) is 17.4 Å². The van der Waals surface area contributed by atoms with Gasteiger partial charge in [0.05, 0.1) is 0 Å². The van der Waals surface area contributed by atoms with Crippen molar-refractivity contribution in [2.75, 3.05) is 0 Å². The van der Waals surface area contributed by atoms with E-state index in [0.717, 1.165) is 18.4 Å². The zero-order valence-electron chi connectivity index (χ0n) is 13.4. The molecule has 0 spiro atoms. The molecule has 0 bridgehead atoms. The second-order valence-electron chi connectivity index (χ2n) is 6.01. The van der Waals surface area contributed by atoms with E-state index in [4.69, 9.17) is 12.2 Å². The lowest BCUT2D eigenvalue weighted by molar-refractivity contribution is -0.578. The third-order valence-electron chi connectivity index (χ3n) is 4.09. The lowest BCUT2D eigenvalue weighted by atomic mass is 10.0. The van der Waals surface area contributed by atoms with Crippen LogP contribution >= 0.6 is 12.2 Å². The van der Waals surface area contributed by atoms with Crippen molar-refractivity contribution in [3.8, 4) is 0 Å². The summed E-state index contributed by atoms with van der Waals surface area (Å²) in [6.45, 7) is 4.06. The zero-order chi connectivity index (χ0) is 16.4. The number of aryl methyl sites for hydroxylation is 2. The SMILES string of the molecule is Cc1ccc(/C([O-])=C(\C(=S)NC2CC2)[n+]2ccccc2)cc1C. The van der Waals surface area contributed by atoms with Gasteiger partial charge in [-0.25, -0.2) is 0 Å². The van der Waals surface area contributed by atoms with Crippen molar-refractivity contribution in [1.82, 2.24) is 5.32 Å². The van der Waals surface area contributed by atoms with E-state index in [0.29, 0.717) is 22.3 Å². The Balaban J connectivity index is 2.07. The van der Waals surface area contributed by atoms with Crippen LogP contribution in [0.15, 0.2) is 48.8 Å². The molecule has 0 aliphatic heterocycles. The fourth-order valence-corrected chi connectivity index (χ4v) is 2.75. The standard InChI is InChI=1S/C19H20N2OS/c1-13-6-7-15(12-14(13)2)18(22)17(19(23)20-16-8-9-16)21-10-4-3-5-11-21/h3-7,10-12,16H,8-9H2,1-2H3,(H-,20,22,23). The predicted molar refractivity (Wildman–Crippen MR) is 94.4 cm³/mol. The van der Waals surface area contributed by atoms with Gasteiger partial charge in [-0.3, -0.25) is 0 Å². The number of rotatable bonds is 4. The number of aromatic nitrogens is 1. The molecular weight excluding hydrogens is 304 g/mol. The Hall–Kier alpha value is -2.20. The molecule has 2 aromatic rings. The van der Waals surface area contributed by atoms with Crippen molar-refractivity contribution in [3.63, 3.8) is 0 Å². The molecule has 1 heterocycles. The number of thiocarbonyl (C=S) groups is 1. The number of hydrogen-bond acceptors (Lipinski definition) is 2. The van der Waals surface area contributed by atoms with Crippen molar-refractivity contribution < 1.29 is 9.67 Å². The van der Waals surface area contributed by atoms with Crippen LogP contribution in [0, 0.1) is 13.8 Å². The summed E-state index contributed by atoms with van der Waals surface area (Å²) in [4.78, 5) is 0.520. The van der Waals surface area contributed by atoms with E-state index in [1.165, 1.54) is 5.56 Å². The van der Waals surface area contributed by atoms with Crippen LogP contribution in [0.5, 0.6) is 0 Å². The molecule has 118 valence electrons. The summed E-state index contributed by atoms with van der Waals surface area (Å²) in [5, 5.41) is 16.3. The first-order valence-electron chi connectivity index (χ1n) is 7.82. The smallest absolute Gasteiger partial charge is 0.237 e. The first-order chi connectivity index (χ1) is 11.1. The average molecular weight is 324 g/mol. The third kappa shape index (κ3) is 3.59. The van der Waals surface area contributed by atoms with E-state index in [1.54, 1.807) is 4.57 Å². The van der Waals surface area contributed by atoms with Crippen molar-refractivity contribution in [1.29, 1.82) is 0 Å². The van der Waals surface area contributed by atoms with Gasteiger partial charge < -0.3 is 10.4 Å². The van der Waals surface area contributed by atoms with Crippen LogP contribution in [0.1, 0.15) is 29.5 Å². The molecule has 0 radical (unpaired) electrons. The van der Waals surface area contributed by atoms with Gasteiger partial charge in [-0.2, -0.15) is 4.57 Å². The topological polar surface area (TPSA) is 39.0 Å². The van der Waals surface area contributed by atoms with Crippen molar-refractivity contribution >= 4 is 28.7 Å². The molecular formula is C19H20N2OS. The summed E-state index contributed by atoms with van der Waals surface area (Å²) >= 11 is 5.52. The number of benzene rings is 1. The fraction of sp³-hybridized carbons (Fsp3) is 0.263. The van der Waals surface area contributed by atoms with Crippen molar-refractivity contribution in [2.45, 2.75) is 32.7 Å². The molecule has 4 heteroatoms. The van der Waals surface area contributed by atoms with Gasteiger partial charge in [0.2, 0.25) is 5.70 Å². The maximum atomic E-state index is 13.1. The first kappa shape index (κ1) is 15.7. The Bertz CT molecular complexity index is 764. The minimum Gasteiger partial charge on any atom is -0.867 e. The molecule has 0 amide bonds. The fourth-order valence-electron chi connectivity index (χ4n) is 2.39. The molecule has 1 aliphatic carbocycles. The van der Waals surface area contributed by atoms with Gasteiger partial charge in [-0.1, -0.05) is 36.5 Å². The van der Waals surface area contributed by atoms with E-state index in [9.17, 15) is 5.11 Å². The number of pyridine rings is 1. The second-order valence-corrected chi connectivity index (χ2v) is 6.42. The van der Waals surface area contributed by atoms with E-state index >= 15 is 0 Å². The second kappa shape index (κ2) is 6.50. The van der Waals surface area contributed by atoms with Crippen LogP contribution in [0.25, 0.3) is 11.5 Å². The molecule has 1 aromatic heterocycles. The maximum absolute atomic E-state index is 13.1. The van der Waals surface area contributed by atoms with Crippen LogP contribution in [0.2, 0.25) is 0 Å². The van der Waals surface area contributed by atoms with E-state index in [1.807, 2.05) is 62.6 Å². The zero-order valence-corrected chi connectivity index (χ0v) is 14.2. The average Bonchev–Trinajstić information content (AvgIpc) is 3.35. The highest BCUT2D eigenvalue weighted by molar-refractivity contribution is 7.81. The summed E-state index contributed by atoms with van der Waals surface area (Å²) in [5.74, 6) is -0.0533. The van der Waals surface area contributed by atoms with Crippen molar-refractivity contribution in [3.05, 3.63) is 65.5 Å². The van der Waals surface area contributed by atoms with Crippen LogP contribution in [-0.4, -0.2) is 11.0 Å². The normalized spacial score (nSPS) is 15.0. The summed E-state index contributed by atoms with van der Waals surface area (Å²) in [6, 6.07) is 11.9. The van der Waals surface area contributed by atoms with Gasteiger partial charge in [0.1, 0.15) is 0 Å². The Morgan fingerprint density at radius 1 is 1.13 bits per heavy atom. The van der Waals surface area contributed by atoms with Crippen molar-refractivity contribution in [2.24, 2.45) is 0 Å². The predicted octanol–water partition coefficient (Wildman–Crippen LogP) is 2.36. The highest BCUT2D eigenvalue weighted by Crippen LogP contribution is 2.22. The molecule has 1 N–H and O–H groups in total. The molecule has 23 heavy (non-hydrogen) atoms. The lowest BCUT2D eigenvalue weighted by Crippen LogP contribution is -2.42. The summed E-state index contributed by atoms with van der Waals surface area (Å²) < 4.78 is 1.80. The lowest BCUT2D eigenvalue weighted by Gasteiger charge is -2.17. The van der Waals surface area contributed by atoms with E-state index in [-0.39, 0.29) is 5.76 Å². The van der Waals surface area contributed by atoms with Gasteiger partial charge in [0, 0.05) is 18.2 Å². The monoisotopic (exact) mass is 324 g/mol. The maximum Gasteiger partial charge on any atom is 0.237 e. The molecule has 0 atom stereocenters.